The minimum atomic E-state index is 0.123. The molecule has 0 saturated carbocycles. The zero-order valence-corrected chi connectivity index (χ0v) is 10.0. The number of nitrogens with zero attached hydrogens (tertiary/aromatic N) is 1. The Hall–Kier alpha value is -1.31. The Morgan fingerprint density at radius 3 is 2.60 bits per heavy atom. The van der Waals surface area contributed by atoms with Gasteiger partial charge < -0.3 is 4.90 Å². The maximum Gasteiger partial charge on any atom is 0.253 e. The molecule has 0 aliphatic carbocycles. The van der Waals surface area contributed by atoms with Crippen molar-refractivity contribution in [1.82, 2.24) is 4.90 Å². The summed E-state index contributed by atoms with van der Waals surface area (Å²) in [6, 6.07) is 5.87. The van der Waals surface area contributed by atoms with Crippen LogP contribution in [0, 0.1) is 13.8 Å². The molecule has 2 heteroatoms. The molecule has 0 aliphatic heterocycles. The first-order chi connectivity index (χ1) is 7.07. The molecule has 0 aliphatic rings. The van der Waals surface area contributed by atoms with Gasteiger partial charge in [0.1, 0.15) is 0 Å². The molecule has 0 atom stereocenters. The second-order valence-electron chi connectivity index (χ2n) is 3.97. The molecular formula is C13H19NO. The van der Waals surface area contributed by atoms with Crippen molar-refractivity contribution >= 4 is 5.91 Å². The minimum Gasteiger partial charge on any atom is -0.342 e. The topological polar surface area (TPSA) is 20.3 Å². The first-order valence-corrected chi connectivity index (χ1v) is 5.39. The summed E-state index contributed by atoms with van der Waals surface area (Å²) in [5, 5.41) is 0. The lowest BCUT2D eigenvalue weighted by Crippen LogP contribution is -2.28. The van der Waals surface area contributed by atoms with Gasteiger partial charge in [0.2, 0.25) is 0 Å². The number of carbonyl (C=O) groups is 1. The van der Waals surface area contributed by atoms with Gasteiger partial charge in [0.15, 0.2) is 0 Å². The second kappa shape index (κ2) is 4.96. The number of amides is 1. The van der Waals surface area contributed by atoms with Crippen LogP contribution >= 0.6 is 0 Å². The van der Waals surface area contributed by atoms with E-state index in [0.717, 1.165) is 24.1 Å². The van der Waals surface area contributed by atoms with Crippen molar-refractivity contribution in [1.29, 1.82) is 0 Å². The predicted molar refractivity (Wildman–Crippen MR) is 63.2 cm³/mol. The summed E-state index contributed by atoms with van der Waals surface area (Å²) in [6.07, 6.45) is 0.993. The highest BCUT2D eigenvalue weighted by atomic mass is 16.2. The van der Waals surface area contributed by atoms with Crippen LogP contribution in [0.4, 0.5) is 0 Å². The van der Waals surface area contributed by atoms with Gasteiger partial charge in [-0.2, -0.15) is 0 Å². The van der Waals surface area contributed by atoms with Crippen LogP contribution in [-0.4, -0.2) is 24.4 Å². The lowest BCUT2D eigenvalue weighted by molar-refractivity contribution is 0.0794. The molecule has 0 unspecified atom stereocenters. The van der Waals surface area contributed by atoms with E-state index in [1.807, 2.05) is 39.1 Å². The molecule has 0 spiro atoms. The molecule has 1 aromatic rings. The fraction of sp³-hybridized carbons (Fsp3) is 0.462. The zero-order valence-electron chi connectivity index (χ0n) is 10.0. The SMILES string of the molecule is CCCN(C)C(=O)c1cccc(C)c1C. The fourth-order valence-corrected chi connectivity index (χ4v) is 1.63. The van der Waals surface area contributed by atoms with Gasteiger partial charge in [-0.1, -0.05) is 19.1 Å². The molecule has 0 bridgehead atoms. The first kappa shape index (κ1) is 11.8. The highest BCUT2D eigenvalue weighted by Gasteiger charge is 2.13. The third-order valence-electron chi connectivity index (χ3n) is 2.74. The molecule has 2 nitrogen and oxygen atoms in total. The number of hydrogen-bond donors (Lipinski definition) is 0. The van der Waals surface area contributed by atoms with E-state index in [1.165, 1.54) is 5.56 Å². The van der Waals surface area contributed by atoms with Crippen molar-refractivity contribution in [3.05, 3.63) is 34.9 Å². The summed E-state index contributed by atoms with van der Waals surface area (Å²) in [4.78, 5) is 13.8. The molecule has 0 saturated heterocycles. The predicted octanol–water partition coefficient (Wildman–Crippen LogP) is 2.79. The molecule has 0 fully saturated rings. The average Bonchev–Trinajstić information content (AvgIpc) is 2.21. The summed E-state index contributed by atoms with van der Waals surface area (Å²) >= 11 is 0. The number of hydrogen-bond acceptors (Lipinski definition) is 1. The van der Waals surface area contributed by atoms with E-state index in [0.29, 0.717) is 0 Å². The van der Waals surface area contributed by atoms with Gasteiger partial charge in [0.25, 0.3) is 5.91 Å². The third kappa shape index (κ3) is 2.58. The van der Waals surface area contributed by atoms with E-state index in [4.69, 9.17) is 0 Å². The Balaban J connectivity index is 2.96. The van der Waals surface area contributed by atoms with Crippen LogP contribution in [0.25, 0.3) is 0 Å². The molecular weight excluding hydrogens is 186 g/mol. The Labute approximate surface area is 91.9 Å². The Morgan fingerprint density at radius 2 is 2.00 bits per heavy atom. The van der Waals surface area contributed by atoms with Gasteiger partial charge in [-0.15, -0.1) is 0 Å². The molecule has 1 aromatic carbocycles. The molecule has 0 heterocycles. The van der Waals surface area contributed by atoms with E-state index < -0.39 is 0 Å². The van der Waals surface area contributed by atoms with Crippen molar-refractivity contribution in [2.24, 2.45) is 0 Å². The van der Waals surface area contributed by atoms with E-state index in [-0.39, 0.29) is 5.91 Å². The van der Waals surface area contributed by atoms with Gasteiger partial charge >= 0.3 is 0 Å². The Kier molecular flexibility index (Phi) is 3.89. The van der Waals surface area contributed by atoms with E-state index in [2.05, 4.69) is 6.92 Å². The summed E-state index contributed by atoms with van der Waals surface area (Å²) in [6.45, 7) is 6.92. The summed E-state index contributed by atoms with van der Waals surface area (Å²) in [5.74, 6) is 0.123. The first-order valence-electron chi connectivity index (χ1n) is 5.39. The third-order valence-corrected chi connectivity index (χ3v) is 2.74. The van der Waals surface area contributed by atoms with Crippen molar-refractivity contribution in [2.45, 2.75) is 27.2 Å². The van der Waals surface area contributed by atoms with Crippen LogP contribution in [0.15, 0.2) is 18.2 Å². The van der Waals surface area contributed by atoms with Gasteiger partial charge in [-0.05, 0) is 37.5 Å². The van der Waals surface area contributed by atoms with E-state index in [1.54, 1.807) is 4.90 Å². The number of aryl methyl sites for hydroxylation is 1. The van der Waals surface area contributed by atoms with E-state index in [9.17, 15) is 4.79 Å². The molecule has 0 N–H and O–H groups in total. The summed E-state index contributed by atoms with van der Waals surface area (Å²) in [5.41, 5.74) is 3.09. The summed E-state index contributed by atoms with van der Waals surface area (Å²) in [7, 11) is 1.85. The molecule has 15 heavy (non-hydrogen) atoms. The lowest BCUT2D eigenvalue weighted by atomic mass is 10.0. The standard InChI is InChI=1S/C13H19NO/c1-5-9-14(4)13(15)12-8-6-7-10(2)11(12)3/h6-8H,5,9H2,1-4H3. The molecule has 0 radical (unpaired) electrons. The highest BCUT2D eigenvalue weighted by molar-refractivity contribution is 5.95. The molecule has 1 amide bonds. The zero-order chi connectivity index (χ0) is 11.4. The van der Waals surface area contributed by atoms with Crippen molar-refractivity contribution in [2.75, 3.05) is 13.6 Å². The normalized spacial score (nSPS) is 10.1. The van der Waals surface area contributed by atoms with Gasteiger partial charge in [0, 0.05) is 19.2 Å². The summed E-state index contributed by atoms with van der Waals surface area (Å²) < 4.78 is 0. The highest BCUT2D eigenvalue weighted by Crippen LogP contribution is 2.14. The number of rotatable bonds is 3. The number of carbonyl (C=O) groups excluding carboxylic acids is 1. The Morgan fingerprint density at radius 1 is 1.33 bits per heavy atom. The van der Waals surface area contributed by atoms with Crippen LogP contribution in [0.5, 0.6) is 0 Å². The largest absolute Gasteiger partial charge is 0.342 e. The quantitative estimate of drug-likeness (QED) is 0.743. The van der Waals surface area contributed by atoms with E-state index >= 15 is 0 Å². The van der Waals surface area contributed by atoms with Crippen LogP contribution in [0.2, 0.25) is 0 Å². The minimum absolute atomic E-state index is 0.123. The lowest BCUT2D eigenvalue weighted by Gasteiger charge is -2.18. The maximum atomic E-state index is 12.0. The van der Waals surface area contributed by atoms with Crippen LogP contribution in [-0.2, 0) is 0 Å². The molecule has 82 valence electrons. The van der Waals surface area contributed by atoms with Crippen molar-refractivity contribution < 1.29 is 4.79 Å². The smallest absolute Gasteiger partial charge is 0.253 e. The van der Waals surface area contributed by atoms with Crippen LogP contribution < -0.4 is 0 Å². The van der Waals surface area contributed by atoms with Crippen molar-refractivity contribution in [3.63, 3.8) is 0 Å². The van der Waals surface area contributed by atoms with Crippen molar-refractivity contribution in [3.8, 4) is 0 Å². The average molecular weight is 205 g/mol. The monoisotopic (exact) mass is 205 g/mol. The van der Waals surface area contributed by atoms with Gasteiger partial charge in [-0.3, -0.25) is 4.79 Å². The Bertz CT molecular complexity index is 358. The second-order valence-corrected chi connectivity index (χ2v) is 3.97. The fourth-order valence-electron chi connectivity index (χ4n) is 1.63. The van der Waals surface area contributed by atoms with Crippen LogP contribution in [0.1, 0.15) is 34.8 Å². The van der Waals surface area contributed by atoms with Crippen LogP contribution in [0.3, 0.4) is 0 Å². The maximum absolute atomic E-state index is 12.0. The van der Waals surface area contributed by atoms with Gasteiger partial charge in [-0.25, -0.2) is 0 Å². The van der Waals surface area contributed by atoms with Gasteiger partial charge in [0.05, 0.1) is 0 Å². The number of benzene rings is 1. The molecule has 1 rings (SSSR count). The molecule has 0 aromatic heterocycles.